The van der Waals surface area contributed by atoms with E-state index in [4.69, 9.17) is 11.6 Å². The number of nitrogens with one attached hydrogen (secondary N) is 3. The van der Waals surface area contributed by atoms with Crippen molar-refractivity contribution in [1.82, 2.24) is 10.6 Å². The first-order valence-corrected chi connectivity index (χ1v) is 9.66. The minimum atomic E-state index is -0.493. The van der Waals surface area contributed by atoms with E-state index in [9.17, 15) is 14.7 Å². The molecule has 4 N–H and O–H groups in total. The van der Waals surface area contributed by atoms with Crippen LogP contribution in [0.2, 0.25) is 5.02 Å². The SMILES string of the molecule is O=C(Nc1sccc1C(=O)NCCC1CCNC1)c1ccc(Cl)cc1O. The van der Waals surface area contributed by atoms with Crippen LogP contribution in [0.25, 0.3) is 0 Å². The molecule has 0 spiro atoms. The van der Waals surface area contributed by atoms with Crippen LogP contribution in [0.3, 0.4) is 0 Å². The molecule has 1 aromatic carbocycles. The molecule has 6 nitrogen and oxygen atoms in total. The van der Waals surface area contributed by atoms with Crippen molar-refractivity contribution in [1.29, 1.82) is 0 Å². The van der Waals surface area contributed by atoms with E-state index in [0.717, 1.165) is 25.9 Å². The molecular formula is C18H20ClN3O3S. The van der Waals surface area contributed by atoms with Gasteiger partial charge in [0.15, 0.2) is 0 Å². The molecule has 8 heteroatoms. The van der Waals surface area contributed by atoms with Crippen molar-refractivity contribution in [2.45, 2.75) is 12.8 Å². The van der Waals surface area contributed by atoms with Crippen molar-refractivity contribution in [2.75, 3.05) is 25.0 Å². The predicted octanol–water partition coefficient (Wildman–Crippen LogP) is 3.09. The average molecular weight is 394 g/mol. The molecule has 1 aliphatic heterocycles. The maximum absolute atomic E-state index is 12.4. The Labute approximate surface area is 160 Å². The summed E-state index contributed by atoms with van der Waals surface area (Å²) in [5.41, 5.74) is 0.518. The summed E-state index contributed by atoms with van der Waals surface area (Å²) in [6.07, 6.45) is 2.07. The number of aromatic hydroxyl groups is 1. The number of hydrogen-bond acceptors (Lipinski definition) is 5. The van der Waals surface area contributed by atoms with Crippen LogP contribution in [0.4, 0.5) is 5.00 Å². The fraction of sp³-hybridized carbons (Fsp3) is 0.333. The summed E-state index contributed by atoms with van der Waals surface area (Å²) in [6, 6.07) is 5.94. The second-order valence-corrected chi connectivity index (χ2v) is 7.53. The van der Waals surface area contributed by atoms with E-state index in [1.54, 1.807) is 11.4 Å². The Morgan fingerprint density at radius 2 is 2.12 bits per heavy atom. The van der Waals surface area contributed by atoms with Gasteiger partial charge in [0, 0.05) is 11.6 Å². The van der Waals surface area contributed by atoms with Crippen molar-refractivity contribution < 1.29 is 14.7 Å². The number of amides is 2. The molecule has 0 bridgehead atoms. The van der Waals surface area contributed by atoms with Gasteiger partial charge < -0.3 is 21.1 Å². The Bertz CT molecular complexity index is 803. The van der Waals surface area contributed by atoms with Crippen LogP contribution in [-0.4, -0.2) is 36.6 Å². The molecule has 1 aromatic heterocycles. The molecule has 2 aromatic rings. The second kappa shape index (κ2) is 8.53. The summed E-state index contributed by atoms with van der Waals surface area (Å²) >= 11 is 7.04. The van der Waals surface area contributed by atoms with Crippen LogP contribution in [0.15, 0.2) is 29.6 Å². The fourth-order valence-electron chi connectivity index (χ4n) is 2.90. The van der Waals surface area contributed by atoms with Gasteiger partial charge in [0.1, 0.15) is 10.8 Å². The second-order valence-electron chi connectivity index (χ2n) is 6.18. The molecule has 1 unspecified atom stereocenters. The van der Waals surface area contributed by atoms with Gasteiger partial charge in [-0.15, -0.1) is 11.3 Å². The zero-order chi connectivity index (χ0) is 18.5. The summed E-state index contributed by atoms with van der Waals surface area (Å²) < 4.78 is 0. The monoisotopic (exact) mass is 393 g/mol. The number of halogens is 1. The molecule has 1 atom stereocenters. The topological polar surface area (TPSA) is 90.5 Å². The van der Waals surface area contributed by atoms with Crippen LogP contribution < -0.4 is 16.0 Å². The van der Waals surface area contributed by atoms with Crippen LogP contribution in [0.5, 0.6) is 5.75 Å². The minimum absolute atomic E-state index is 0.0999. The van der Waals surface area contributed by atoms with Gasteiger partial charge >= 0.3 is 0 Å². The zero-order valence-electron chi connectivity index (χ0n) is 14.0. The molecule has 0 radical (unpaired) electrons. The number of thiophene rings is 1. The first kappa shape index (κ1) is 18.7. The van der Waals surface area contributed by atoms with Gasteiger partial charge in [0.25, 0.3) is 11.8 Å². The number of hydrogen-bond donors (Lipinski definition) is 4. The molecular weight excluding hydrogens is 374 g/mol. The van der Waals surface area contributed by atoms with Gasteiger partial charge in [-0.25, -0.2) is 0 Å². The van der Waals surface area contributed by atoms with Crippen molar-refractivity contribution >= 4 is 39.8 Å². The Balaban J connectivity index is 1.60. The first-order chi connectivity index (χ1) is 12.5. The molecule has 1 aliphatic rings. The lowest BCUT2D eigenvalue weighted by molar-refractivity contribution is 0.0953. The van der Waals surface area contributed by atoms with Gasteiger partial charge in [0.05, 0.1) is 11.1 Å². The summed E-state index contributed by atoms with van der Waals surface area (Å²) in [4.78, 5) is 24.8. The summed E-state index contributed by atoms with van der Waals surface area (Å²) in [6.45, 7) is 2.64. The van der Waals surface area contributed by atoms with E-state index in [1.807, 2.05) is 0 Å². The highest BCUT2D eigenvalue weighted by atomic mass is 35.5. The van der Waals surface area contributed by atoms with Crippen molar-refractivity contribution in [3.05, 3.63) is 45.8 Å². The highest BCUT2D eigenvalue weighted by Gasteiger charge is 2.19. The lowest BCUT2D eigenvalue weighted by Crippen LogP contribution is -2.27. The van der Waals surface area contributed by atoms with E-state index in [-0.39, 0.29) is 17.2 Å². The zero-order valence-corrected chi connectivity index (χ0v) is 15.6. The van der Waals surface area contributed by atoms with Crippen LogP contribution in [0.1, 0.15) is 33.6 Å². The van der Waals surface area contributed by atoms with E-state index in [0.29, 0.717) is 28.0 Å². The van der Waals surface area contributed by atoms with Crippen molar-refractivity contribution in [3.8, 4) is 5.75 Å². The normalized spacial score (nSPS) is 16.4. The fourth-order valence-corrected chi connectivity index (χ4v) is 3.84. The highest BCUT2D eigenvalue weighted by molar-refractivity contribution is 7.14. The number of phenols is 1. The van der Waals surface area contributed by atoms with E-state index in [2.05, 4.69) is 16.0 Å². The standard InChI is InChI=1S/C18H20ClN3O3S/c19-12-1-2-13(15(23)9-12)17(25)22-18-14(5-8-26-18)16(24)21-7-4-11-3-6-20-10-11/h1-2,5,8-9,11,20,23H,3-4,6-7,10H2,(H,21,24)(H,22,25). The highest BCUT2D eigenvalue weighted by Crippen LogP contribution is 2.27. The third-order valence-electron chi connectivity index (χ3n) is 4.34. The van der Waals surface area contributed by atoms with E-state index < -0.39 is 5.91 Å². The van der Waals surface area contributed by atoms with Crippen molar-refractivity contribution in [3.63, 3.8) is 0 Å². The van der Waals surface area contributed by atoms with Gasteiger partial charge in [-0.3, -0.25) is 9.59 Å². The Kier molecular flexibility index (Phi) is 6.13. The Hall–Kier alpha value is -2.09. The maximum atomic E-state index is 12.4. The minimum Gasteiger partial charge on any atom is -0.507 e. The van der Waals surface area contributed by atoms with E-state index in [1.165, 1.54) is 29.5 Å². The number of anilines is 1. The summed E-state index contributed by atoms with van der Waals surface area (Å²) in [5, 5.41) is 21.3. The summed E-state index contributed by atoms with van der Waals surface area (Å²) in [5.74, 6) is -0.312. The summed E-state index contributed by atoms with van der Waals surface area (Å²) in [7, 11) is 0. The molecule has 1 saturated heterocycles. The number of rotatable bonds is 6. The van der Waals surface area contributed by atoms with Crippen LogP contribution in [-0.2, 0) is 0 Å². The smallest absolute Gasteiger partial charge is 0.260 e. The number of phenolic OH excluding ortho intramolecular Hbond substituents is 1. The van der Waals surface area contributed by atoms with Crippen LogP contribution in [0, 0.1) is 5.92 Å². The van der Waals surface area contributed by atoms with Crippen LogP contribution >= 0.6 is 22.9 Å². The molecule has 3 rings (SSSR count). The Morgan fingerprint density at radius 1 is 1.27 bits per heavy atom. The largest absolute Gasteiger partial charge is 0.507 e. The molecule has 2 amide bonds. The average Bonchev–Trinajstić information content (AvgIpc) is 3.26. The maximum Gasteiger partial charge on any atom is 0.260 e. The number of benzene rings is 1. The third-order valence-corrected chi connectivity index (χ3v) is 5.41. The van der Waals surface area contributed by atoms with Crippen molar-refractivity contribution in [2.24, 2.45) is 5.92 Å². The van der Waals surface area contributed by atoms with Gasteiger partial charge in [-0.1, -0.05) is 11.6 Å². The molecule has 0 saturated carbocycles. The molecule has 138 valence electrons. The molecule has 26 heavy (non-hydrogen) atoms. The third kappa shape index (κ3) is 4.55. The Morgan fingerprint density at radius 3 is 2.85 bits per heavy atom. The lowest BCUT2D eigenvalue weighted by Gasteiger charge is -2.10. The van der Waals surface area contributed by atoms with Gasteiger partial charge in [0.2, 0.25) is 0 Å². The number of carbonyl (C=O) groups excluding carboxylic acids is 2. The molecule has 1 fully saturated rings. The number of carbonyl (C=O) groups is 2. The van der Waals surface area contributed by atoms with E-state index >= 15 is 0 Å². The molecule has 0 aliphatic carbocycles. The van der Waals surface area contributed by atoms with Gasteiger partial charge in [-0.2, -0.15) is 0 Å². The quantitative estimate of drug-likeness (QED) is 0.607. The van der Waals surface area contributed by atoms with Gasteiger partial charge in [-0.05, 0) is 61.5 Å². The first-order valence-electron chi connectivity index (χ1n) is 8.41. The molecule has 2 heterocycles. The predicted molar refractivity (Wildman–Crippen MR) is 103 cm³/mol. The lowest BCUT2D eigenvalue weighted by atomic mass is 10.1.